The first-order valence-electron chi connectivity index (χ1n) is 5.01. The lowest BCUT2D eigenvalue weighted by Gasteiger charge is -2.13. The van der Waals surface area contributed by atoms with Crippen LogP contribution in [0.1, 0.15) is 19.4 Å². The fourth-order valence-corrected chi connectivity index (χ4v) is 1.30. The Kier molecular flexibility index (Phi) is 4.24. The summed E-state index contributed by atoms with van der Waals surface area (Å²) in [5.41, 5.74) is 7.06. The Morgan fingerprint density at radius 3 is 1.93 bits per heavy atom. The van der Waals surface area contributed by atoms with Gasteiger partial charge in [0.15, 0.2) is 0 Å². The smallest absolute Gasteiger partial charge is 0.146 e. The predicted molar refractivity (Wildman–Crippen MR) is 59.1 cm³/mol. The largest absolute Gasteiger partial charge is 0.492 e. The molecule has 0 aliphatic rings. The third-order valence-electron chi connectivity index (χ3n) is 1.95. The van der Waals surface area contributed by atoms with Crippen LogP contribution in [-0.2, 0) is 6.61 Å². The highest BCUT2D eigenvalue weighted by atomic mass is 16.5. The molecule has 15 heavy (non-hydrogen) atoms. The average Bonchev–Trinajstić information content (AvgIpc) is 2.24. The number of rotatable bonds is 5. The van der Waals surface area contributed by atoms with Gasteiger partial charge in [-0.3, -0.25) is 0 Å². The third kappa shape index (κ3) is 2.76. The van der Waals surface area contributed by atoms with Crippen LogP contribution in [0.25, 0.3) is 0 Å². The van der Waals surface area contributed by atoms with Crippen LogP contribution >= 0.6 is 0 Å². The Morgan fingerprint density at radius 2 is 1.60 bits per heavy atom. The van der Waals surface area contributed by atoms with E-state index in [0.29, 0.717) is 30.4 Å². The summed E-state index contributed by atoms with van der Waals surface area (Å²) in [4.78, 5) is 0. The van der Waals surface area contributed by atoms with Crippen molar-refractivity contribution in [1.29, 1.82) is 0 Å². The highest BCUT2D eigenvalue weighted by molar-refractivity contribution is 5.64. The topological polar surface area (TPSA) is 64.7 Å². The molecule has 4 heteroatoms. The van der Waals surface area contributed by atoms with Crippen LogP contribution < -0.4 is 15.2 Å². The van der Waals surface area contributed by atoms with Crippen molar-refractivity contribution in [2.75, 3.05) is 18.9 Å². The van der Waals surface area contributed by atoms with Crippen molar-refractivity contribution in [2.24, 2.45) is 0 Å². The molecule has 0 spiro atoms. The molecule has 0 amide bonds. The van der Waals surface area contributed by atoms with Gasteiger partial charge in [0.1, 0.15) is 17.2 Å². The van der Waals surface area contributed by atoms with Crippen LogP contribution in [0.2, 0.25) is 0 Å². The van der Waals surface area contributed by atoms with Crippen molar-refractivity contribution in [3.8, 4) is 11.5 Å². The van der Waals surface area contributed by atoms with Gasteiger partial charge in [0.25, 0.3) is 0 Å². The van der Waals surface area contributed by atoms with Crippen LogP contribution in [0.15, 0.2) is 12.1 Å². The number of ether oxygens (including phenoxy) is 2. The van der Waals surface area contributed by atoms with Gasteiger partial charge in [0.05, 0.1) is 19.8 Å². The normalized spacial score (nSPS) is 10.1. The van der Waals surface area contributed by atoms with E-state index in [1.807, 2.05) is 13.8 Å². The maximum atomic E-state index is 9.06. The summed E-state index contributed by atoms with van der Waals surface area (Å²) >= 11 is 0. The molecule has 0 fully saturated rings. The van der Waals surface area contributed by atoms with Crippen molar-refractivity contribution < 1.29 is 14.6 Å². The summed E-state index contributed by atoms with van der Waals surface area (Å²) in [5.74, 6) is 1.12. The Balaban J connectivity index is 3.08. The van der Waals surface area contributed by atoms with Crippen molar-refractivity contribution in [2.45, 2.75) is 20.5 Å². The molecule has 0 saturated heterocycles. The van der Waals surface area contributed by atoms with E-state index in [4.69, 9.17) is 20.3 Å². The van der Waals surface area contributed by atoms with Gasteiger partial charge in [0, 0.05) is 0 Å². The van der Waals surface area contributed by atoms with E-state index in [2.05, 4.69) is 0 Å². The van der Waals surface area contributed by atoms with E-state index < -0.39 is 0 Å². The van der Waals surface area contributed by atoms with Crippen molar-refractivity contribution >= 4 is 5.69 Å². The molecule has 1 rings (SSSR count). The molecular formula is C11H17NO3. The van der Waals surface area contributed by atoms with Crippen LogP contribution in [0, 0.1) is 0 Å². The Morgan fingerprint density at radius 1 is 1.13 bits per heavy atom. The molecule has 0 saturated carbocycles. The number of anilines is 1. The van der Waals surface area contributed by atoms with E-state index in [-0.39, 0.29) is 6.61 Å². The summed E-state index contributed by atoms with van der Waals surface area (Å²) in [5, 5.41) is 9.06. The minimum atomic E-state index is -0.0551. The highest BCUT2D eigenvalue weighted by Crippen LogP contribution is 2.33. The van der Waals surface area contributed by atoms with Gasteiger partial charge in [-0.25, -0.2) is 0 Å². The second kappa shape index (κ2) is 5.46. The number of nitrogens with two attached hydrogens (primary N) is 1. The molecule has 0 unspecified atom stereocenters. The van der Waals surface area contributed by atoms with Gasteiger partial charge < -0.3 is 20.3 Å². The average molecular weight is 211 g/mol. The number of hydrogen-bond acceptors (Lipinski definition) is 4. The number of nitrogen functional groups attached to an aromatic ring is 1. The first-order chi connectivity index (χ1) is 7.22. The van der Waals surface area contributed by atoms with Crippen LogP contribution in [-0.4, -0.2) is 18.3 Å². The molecule has 1 aromatic rings. The molecule has 0 aromatic heterocycles. The summed E-state index contributed by atoms with van der Waals surface area (Å²) in [6.07, 6.45) is 0. The predicted octanol–water partition coefficient (Wildman–Crippen LogP) is 1.56. The number of aliphatic hydroxyl groups is 1. The lowest BCUT2D eigenvalue weighted by Crippen LogP contribution is -2.03. The molecule has 0 radical (unpaired) electrons. The summed E-state index contributed by atoms with van der Waals surface area (Å²) in [6, 6.07) is 3.45. The van der Waals surface area contributed by atoms with Gasteiger partial charge in [-0.05, 0) is 31.5 Å². The lowest BCUT2D eigenvalue weighted by molar-refractivity contribution is 0.277. The SMILES string of the molecule is CCOc1cc(CO)cc(OCC)c1N. The molecule has 0 bridgehead atoms. The monoisotopic (exact) mass is 211 g/mol. The molecule has 0 heterocycles. The fourth-order valence-electron chi connectivity index (χ4n) is 1.30. The third-order valence-corrected chi connectivity index (χ3v) is 1.95. The van der Waals surface area contributed by atoms with Gasteiger partial charge in [-0.2, -0.15) is 0 Å². The van der Waals surface area contributed by atoms with Crippen molar-refractivity contribution in [1.82, 2.24) is 0 Å². The Labute approximate surface area is 89.6 Å². The van der Waals surface area contributed by atoms with E-state index in [1.54, 1.807) is 12.1 Å². The molecule has 0 aliphatic heterocycles. The highest BCUT2D eigenvalue weighted by Gasteiger charge is 2.09. The lowest BCUT2D eigenvalue weighted by atomic mass is 10.2. The number of hydrogen-bond donors (Lipinski definition) is 2. The summed E-state index contributed by atoms with van der Waals surface area (Å²) in [7, 11) is 0. The molecule has 0 atom stereocenters. The zero-order valence-corrected chi connectivity index (χ0v) is 9.12. The second-order valence-corrected chi connectivity index (χ2v) is 3.03. The maximum Gasteiger partial charge on any atom is 0.146 e. The minimum absolute atomic E-state index is 0.0551. The number of aliphatic hydroxyl groups excluding tert-OH is 1. The van der Waals surface area contributed by atoms with Crippen molar-refractivity contribution in [3.63, 3.8) is 0 Å². The van der Waals surface area contributed by atoms with Crippen LogP contribution in [0.4, 0.5) is 5.69 Å². The van der Waals surface area contributed by atoms with E-state index in [9.17, 15) is 0 Å². The minimum Gasteiger partial charge on any atom is -0.492 e. The molecule has 0 aliphatic carbocycles. The zero-order chi connectivity index (χ0) is 11.3. The van der Waals surface area contributed by atoms with E-state index >= 15 is 0 Å². The second-order valence-electron chi connectivity index (χ2n) is 3.03. The van der Waals surface area contributed by atoms with Crippen LogP contribution in [0.3, 0.4) is 0 Å². The van der Waals surface area contributed by atoms with E-state index in [1.165, 1.54) is 0 Å². The quantitative estimate of drug-likeness (QED) is 0.725. The van der Waals surface area contributed by atoms with Gasteiger partial charge in [0.2, 0.25) is 0 Å². The van der Waals surface area contributed by atoms with Crippen LogP contribution in [0.5, 0.6) is 11.5 Å². The van der Waals surface area contributed by atoms with Crippen molar-refractivity contribution in [3.05, 3.63) is 17.7 Å². The molecule has 1 aromatic carbocycles. The molecular weight excluding hydrogens is 194 g/mol. The molecule has 3 N–H and O–H groups in total. The first-order valence-corrected chi connectivity index (χ1v) is 5.01. The van der Waals surface area contributed by atoms with Gasteiger partial charge in [-0.1, -0.05) is 0 Å². The number of benzene rings is 1. The molecule has 84 valence electrons. The Bertz CT molecular complexity index is 299. The first kappa shape index (κ1) is 11.7. The summed E-state index contributed by atoms with van der Waals surface area (Å²) in [6.45, 7) is 4.77. The van der Waals surface area contributed by atoms with Gasteiger partial charge in [-0.15, -0.1) is 0 Å². The standard InChI is InChI=1S/C11H17NO3/c1-3-14-9-5-8(7-13)6-10(11(9)12)15-4-2/h5-6,13H,3-4,7,12H2,1-2H3. The zero-order valence-electron chi connectivity index (χ0n) is 9.12. The maximum absolute atomic E-state index is 9.06. The Hall–Kier alpha value is -1.42. The summed E-state index contributed by atoms with van der Waals surface area (Å²) < 4.78 is 10.7. The van der Waals surface area contributed by atoms with E-state index in [0.717, 1.165) is 5.56 Å². The fraction of sp³-hybridized carbons (Fsp3) is 0.455. The molecule has 4 nitrogen and oxygen atoms in total. The van der Waals surface area contributed by atoms with Gasteiger partial charge >= 0.3 is 0 Å².